The first-order valence-corrected chi connectivity index (χ1v) is 8.20. The molecule has 0 bridgehead atoms. The molecule has 0 amide bonds. The van der Waals surface area contributed by atoms with Gasteiger partial charge in [-0.3, -0.25) is 9.36 Å². The number of thiazole rings is 1. The summed E-state index contributed by atoms with van der Waals surface area (Å²) >= 11 is 1.04. The predicted molar refractivity (Wildman–Crippen MR) is 96.8 cm³/mol. The fourth-order valence-electron chi connectivity index (χ4n) is 2.04. The molecule has 7 heteroatoms. The van der Waals surface area contributed by atoms with E-state index in [0.29, 0.717) is 11.1 Å². The van der Waals surface area contributed by atoms with Crippen molar-refractivity contribution >= 4 is 34.8 Å². The van der Waals surface area contributed by atoms with Crippen LogP contribution in [0.5, 0.6) is 0 Å². The summed E-state index contributed by atoms with van der Waals surface area (Å²) in [6, 6.07) is 11.1. The van der Waals surface area contributed by atoms with Crippen LogP contribution in [-0.2, 0) is 16.1 Å². The number of carbonyl (C=O) groups is 1. The minimum absolute atomic E-state index is 0.236. The van der Waals surface area contributed by atoms with Gasteiger partial charge in [0.1, 0.15) is 15.3 Å². The van der Waals surface area contributed by atoms with E-state index in [1.54, 1.807) is 19.2 Å². The van der Waals surface area contributed by atoms with Gasteiger partial charge in [0.15, 0.2) is 12.2 Å². The van der Waals surface area contributed by atoms with E-state index in [1.165, 1.54) is 4.57 Å². The van der Waals surface area contributed by atoms with Crippen LogP contribution < -0.4 is 20.1 Å². The molecule has 1 heterocycles. The smallest absolute Gasteiger partial charge is 0.352 e. The molecule has 1 N–H and O–H groups in total. The summed E-state index contributed by atoms with van der Waals surface area (Å²) in [5, 5.41) is 12.3. The maximum Gasteiger partial charge on any atom is 0.352 e. The average Bonchev–Trinajstić information content (AvgIpc) is 2.95. The number of nitrogens with zero attached hydrogens (tertiary/aromatic N) is 2. The largest absolute Gasteiger partial charge is 0.448 e. The molecule has 0 aliphatic carbocycles. The van der Waals surface area contributed by atoms with E-state index < -0.39 is 5.97 Å². The van der Waals surface area contributed by atoms with Crippen molar-refractivity contribution < 1.29 is 9.53 Å². The summed E-state index contributed by atoms with van der Waals surface area (Å²) in [6.07, 6.45) is 6.61. The first kappa shape index (κ1) is 18.1. The van der Waals surface area contributed by atoms with Crippen LogP contribution in [0.4, 0.5) is 5.69 Å². The number of hydrogen-bond donors (Lipinski definition) is 1. The summed E-state index contributed by atoms with van der Waals surface area (Å²) in [6.45, 7) is 1.84. The number of para-hydroxylation sites is 1. The van der Waals surface area contributed by atoms with Gasteiger partial charge in [-0.05, 0) is 19.1 Å². The highest BCUT2D eigenvalue weighted by molar-refractivity contribution is 7.07. The lowest BCUT2D eigenvalue weighted by molar-refractivity contribution is -0.135. The first-order valence-electron chi connectivity index (χ1n) is 7.38. The van der Waals surface area contributed by atoms with Crippen molar-refractivity contribution in [2.45, 2.75) is 13.5 Å². The second-order valence-electron chi connectivity index (χ2n) is 4.74. The van der Waals surface area contributed by atoms with Gasteiger partial charge in [0.05, 0.1) is 0 Å². The molecular formula is C18H15N3O3S. The molecule has 0 spiro atoms. The fraction of sp³-hybridized carbons (Fsp3) is 0.167. The van der Waals surface area contributed by atoms with Crippen molar-refractivity contribution in [3.63, 3.8) is 0 Å². The third kappa shape index (κ3) is 4.17. The lowest BCUT2D eigenvalue weighted by Gasteiger charge is -2.00. The number of terminal acetylenes is 1. The number of anilines is 1. The van der Waals surface area contributed by atoms with Crippen LogP contribution in [0.25, 0.3) is 11.8 Å². The lowest BCUT2D eigenvalue weighted by Crippen LogP contribution is -2.32. The highest BCUT2D eigenvalue weighted by Gasteiger charge is 2.16. The molecule has 0 aliphatic heterocycles. The molecule has 0 radical (unpaired) electrons. The number of benzene rings is 1. The summed E-state index contributed by atoms with van der Waals surface area (Å²) in [5.41, 5.74) is 0.291. The molecule has 2 rings (SSSR count). The van der Waals surface area contributed by atoms with Crippen molar-refractivity contribution in [1.82, 2.24) is 4.57 Å². The van der Waals surface area contributed by atoms with Gasteiger partial charge in [0, 0.05) is 18.4 Å². The van der Waals surface area contributed by atoms with E-state index in [-0.39, 0.29) is 22.4 Å². The van der Waals surface area contributed by atoms with Crippen LogP contribution in [0.15, 0.2) is 35.1 Å². The second kappa shape index (κ2) is 8.53. The molecule has 0 saturated carbocycles. The zero-order valence-electron chi connectivity index (χ0n) is 13.5. The first-order chi connectivity index (χ1) is 12.1. The number of nitrogens with one attached hydrogen (secondary N) is 1. The molecule has 0 fully saturated rings. The normalized spacial score (nSPS) is 12.0. The van der Waals surface area contributed by atoms with Gasteiger partial charge in [0.2, 0.25) is 0 Å². The van der Waals surface area contributed by atoms with Crippen molar-refractivity contribution in [1.29, 1.82) is 5.26 Å². The SMILES string of the molecule is C#CCOC(=O)C(C#N)=c1sc(=CNc2ccccc2)c(=O)n1CC. The van der Waals surface area contributed by atoms with Gasteiger partial charge in [0.25, 0.3) is 5.56 Å². The van der Waals surface area contributed by atoms with Crippen molar-refractivity contribution in [3.8, 4) is 18.4 Å². The minimum Gasteiger partial charge on any atom is -0.448 e. The number of nitriles is 1. The third-order valence-electron chi connectivity index (χ3n) is 3.18. The number of aromatic nitrogens is 1. The van der Waals surface area contributed by atoms with E-state index in [0.717, 1.165) is 17.0 Å². The Labute approximate surface area is 148 Å². The van der Waals surface area contributed by atoms with Gasteiger partial charge in [-0.2, -0.15) is 5.26 Å². The van der Waals surface area contributed by atoms with Gasteiger partial charge in [-0.25, -0.2) is 4.79 Å². The number of esters is 1. The van der Waals surface area contributed by atoms with Crippen LogP contribution in [0.3, 0.4) is 0 Å². The zero-order valence-corrected chi connectivity index (χ0v) is 14.3. The standard InChI is InChI=1S/C18H15N3O3S/c1-3-10-24-18(23)14(11-19)17-21(4-2)16(22)15(25-17)12-20-13-8-6-5-7-9-13/h1,5-9,12,20H,4,10H2,2H3. The Bertz CT molecular complexity index is 1020. The molecule has 1 aromatic heterocycles. The van der Waals surface area contributed by atoms with Crippen LogP contribution in [0, 0.1) is 23.7 Å². The summed E-state index contributed by atoms with van der Waals surface area (Å²) in [4.78, 5) is 24.5. The molecule has 1 aromatic carbocycles. The third-order valence-corrected chi connectivity index (χ3v) is 4.31. The Kier molecular flexibility index (Phi) is 6.16. The van der Waals surface area contributed by atoms with Crippen LogP contribution in [0.1, 0.15) is 6.92 Å². The number of ether oxygens (including phenoxy) is 1. The van der Waals surface area contributed by atoms with E-state index in [1.807, 2.05) is 30.3 Å². The Morgan fingerprint density at radius 3 is 2.76 bits per heavy atom. The maximum atomic E-state index is 12.5. The van der Waals surface area contributed by atoms with Gasteiger partial charge < -0.3 is 10.1 Å². The molecule has 0 aliphatic rings. The van der Waals surface area contributed by atoms with Crippen LogP contribution in [0.2, 0.25) is 0 Å². The lowest BCUT2D eigenvalue weighted by atomic mass is 10.3. The fourth-order valence-corrected chi connectivity index (χ4v) is 3.11. The van der Waals surface area contributed by atoms with Crippen LogP contribution >= 0.6 is 11.3 Å². The van der Waals surface area contributed by atoms with Crippen LogP contribution in [-0.4, -0.2) is 17.1 Å². The Morgan fingerprint density at radius 1 is 1.44 bits per heavy atom. The summed E-state index contributed by atoms with van der Waals surface area (Å²) in [7, 11) is 0. The van der Waals surface area contributed by atoms with Gasteiger partial charge in [-0.1, -0.05) is 24.1 Å². The van der Waals surface area contributed by atoms with E-state index in [2.05, 4.69) is 11.2 Å². The summed E-state index contributed by atoms with van der Waals surface area (Å²) in [5.74, 6) is 1.32. The Morgan fingerprint density at radius 2 is 2.16 bits per heavy atom. The molecule has 6 nitrogen and oxygen atoms in total. The van der Waals surface area contributed by atoms with Gasteiger partial charge >= 0.3 is 5.97 Å². The van der Waals surface area contributed by atoms with Crippen molar-refractivity contribution in [3.05, 3.63) is 49.9 Å². The monoisotopic (exact) mass is 353 g/mol. The zero-order chi connectivity index (χ0) is 18.2. The van der Waals surface area contributed by atoms with Gasteiger partial charge in [-0.15, -0.1) is 17.8 Å². The molecular weight excluding hydrogens is 338 g/mol. The predicted octanol–water partition coefficient (Wildman–Crippen LogP) is 0.630. The molecule has 0 unspecified atom stereocenters. The van der Waals surface area contributed by atoms with E-state index in [9.17, 15) is 14.9 Å². The topological polar surface area (TPSA) is 84.1 Å². The molecule has 25 heavy (non-hydrogen) atoms. The van der Waals surface area contributed by atoms with Crippen molar-refractivity contribution in [2.24, 2.45) is 0 Å². The molecule has 126 valence electrons. The maximum absolute atomic E-state index is 12.5. The summed E-state index contributed by atoms with van der Waals surface area (Å²) < 4.78 is 6.79. The quantitative estimate of drug-likeness (QED) is 0.630. The number of hydrogen-bond acceptors (Lipinski definition) is 6. The second-order valence-corrected chi connectivity index (χ2v) is 5.77. The van der Waals surface area contributed by atoms with Crippen molar-refractivity contribution in [2.75, 3.05) is 11.9 Å². The molecule has 0 saturated heterocycles. The molecule has 0 atom stereocenters. The minimum atomic E-state index is -0.841. The van der Waals surface area contributed by atoms with E-state index in [4.69, 9.17) is 11.2 Å². The molecule has 2 aromatic rings. The Balaban J connectivity index is 2.55. The van der Waals surface area contributed by atoms with E-state index >= 15 is 0 Å². The Hall–Kier alpha value is -3.29. The number of carbonyl (C=O) groups excluding carboxylic acids is 1. The highest BCUT2D eigenvalue weighted by Crippen LogP contribution is 2.04. The number of rotatable bonds is 5. The highest BCUT2D eigenvalue weighted by atomic mass is 32.1. The average molecular weight is 353 g/mol.